The van der Waals surface area contributed by atoms with Crippen LogP contribution < -0.4 is 10.2 Å². The molecule has 142 valence electrons. The lowest BCUT2D eigenvalue weighted by atomic mass is 10.2. The highest BCUT2D eigenvalue weighted by Crippen LogP contribution is 2.37. The third-order valence-electron chi connectivity index (χ3n) is 4.36. The maximum Gasteiger partial charge on any atom is 0.339 e. The number of amides is 1. The molecule has 1 aliphatic rings. The number of nitrogens with one attached hydrogen (secondary N) is 1. The van der Waals surface area contributed by atoms with Crippen LogP contribution in [0.2, 0.25) is 5.02 Å². The fraction of sp³-hybridized carbons (Fsp3) is 0.300. The maximum absolute atomic E-state index is 12.9. The molecule has 1 heterocycles. The fourth-order valence-corrected chi connectivity index (χ4v) is 4.23. The molecule has 0 aromatic heterocycles. The van der Waals surface area contributed by atoms with Gasteiger partial charge in [0.2, 0.25) is 5.91 Å². The minimum atomic E-state index is -0.512. The monoisotopic (exact) mass is 404 g/mol. The molecule has 0 fully saturated rings. The van der Waals surface area contributed by atoms with Crippen LogP contribution in [0.1, 0.15) is 23.7 Å². The number of thioether (sulfide) groups is 1. The van der Waals surface area contributed by atoms with E-state index < -0.39 is 5.97 Å². The van der Waals surface area contributed by atoms with Crippen LogP contribution in [0.15, 0.2) is 47.4 Å². The van der Waals surface area contributed by atoms with Crippen LogP contribution in [0.25, 0.3) is 0 Å². The third kappa shape index (κ3) is 4.57. The summed E-state index contributed by atoms with van der Waals surface area (Å²) in [4.78, 5) is 27.6. The van der Waals surface area contributed by atoms with Crippen molar-refractivity contribution in [1.29, 1.82) is 0 Å². The van der Waals surface area contributed by atoms with Gasteiger partial charge in [-0.2, -0.15) is 0 Å². The topological polar surface area (TPSA) is 58.6 Å². The van der Waals surface area contributed by atoms with E-state index in [4.69, 9.17) is 16.3 Å². The Labute approximate surface area is 168 Å². The van der Waals surface area contributed by atoms with Crippen molar-refractivity contribution in [3.8, 4) is 0 Å². The van der Waals surface area contributed by atoms with Gasteiger partial charge in [0.05, 0.1) is 29.9 Å². The molecule has 27 heavy (non-hydrogen) atoms. The number of fused-ring (bicyclic) bond motifs is 1. The van der Waals surface area contributed by atoms with Gasteiger partial charge in [-0.25, -0.2) is 4.79 Å². The second kappa shape index (κ2) is 8.67. The minimum absolute atomic E-state index is 0.0216. The molecule has 7 heteroatoms. The van der Waals surface area contributed by atoms with Gasteiger partial charge in [-0.1, -0.05) is 30.7 Å². The standard InChI is InChI=1S/C20H21ClN2O3S/c1-13-9-10-23(17-5-3-4-6-18(17)27-13)19(24)12-22-14-7-8-16(21)15(11-14)20(25)26-2/h3-8,11,13,22H,9-10,12H2,1-2H3. The lowest BCUT2D eigenvalue weighted by Crippen LogP contribution is -2.36. The van der Waals surface area contributed by atoms with Gasteiger partial charge in [-0.05, 0) is 36.8 Å². The van der Waals surface area contributed by atoms with Gasteiger partial charge in [0.25, 0.3) is 0 Å². The van der Waals surface area contributed by atoms with Crippen molar-refractivity contribution < 1.29 is 14.3 Å². The SMILES string of the molecule is COC(=O)c1cc(NCC(=O)N2CCC(C)Sc3ccccc32)ccc1Cl. The van der Waals surface area contributed by atoms with Gasteiger partial charge in [-0.3, -0.25) is 4.79 Å². The number of para-hydroxylation sites is 1. The van der Waals surface area contributed by atoms with E-state index in [1.54, 1.807) is 30.0 Å². The Balaban J connectivity index is 1.74. The van der Waals surface area contributed by atoms with Gasteiger partial charge in [0.1, 0.15) is 0 Å². The van der Waals surface area contributed by atoms with E-state index in [-0.39, 0.29) is 18.0 Å². The molecule has 2 aromatic rings. The number of hydrogen-bond donors (Lipinski definition) is 1. The molecule has 0 spiro atoms. The number of ether oxygens (including phenoxy) is 1. The van der Waals surface area contributed by atoms with Crippen molar-refractivity contribution in [2.75, 3.05) is 30.4 Å². The number of carbonyl (C=O) groups is 2. The number of rotatable bonds is 4. The first-order valence-electron chi connectivity index (χ1n) is 8.67. The van der Waals surface area contributed by atoms with Crippen molar-refractivity contribution in [1.82, 2.24) is 0 Å². The van der Waals surface area contributed by atoms with Gasteiger partial charge < -0.3 is 15.0 Å². The lowest BCUT2D eigenvalue weighted by molar-refractivity contribution is -0.117. The predicted molar refractivity (Wildman–Crippen MR) is 110 cm³/mol. The Morgan fingerprint density at radius 2 is 2.07 bits per heavy atom. The van der Waals surface area contributed by atoms with Crippen LogP contribution in [0.5, 0.6) is 0 Å². The molecule has 0 radical (unpaired) electrons. The zero-order valence-electron chi connectivity index (χ0n) is 15.2. The minimum Gasteiger partial charge on any atom is -0.465 e. The average Bonchev–Trinajstić information content (AvgIpc) is 2.84. The molecule has 0 aliphatic carbocycles. The van der Waals surface area contributed by atoms with Crippen LogP contribution >= 0.6 is 23.4 Å². The van der Waals surface area contributed by atoms with E-state index in [0.717, 1.165) is 17.0 Å². The summed E-state index contributed by atoms with van der Waals surface area (Å²) in [5.41, 5.74) is 1.85. The molecule has 5 nitrogen and oxygen atoms in total. The molecule has 1 aliphatic heterocycles. The van der Waals surface area contributed by atoms with Crippen molar-refractivity contribution in [3.63, 3.8) is 0 Å². The number of nitrogens with zero attached hydrogens (tertiary/aromatic N) is 1. The molecule has 2 aromatic carbocycles. The predicted octanol–water partition coefficient (Wildman–Crippen LogP) is 4.46. The molecule has 3 rings (SSSR count). The first kappa shape index (κ1) is 19.6. The van der Waals surface area contributed by atoms with Crippen LogP contribution in [0, 0.1) is 0 Å². The second-order valence-electron chi connectivity index (χ2n) is 6.27. The zero-order valence-corrected chi connectivity index (χ0v) is 16.8. The second-order valence-corrected chi connectivity index (χ2v) is 8.16. The molecule has 1 unspecified atom stereocenters. The highest BCUT2D eigenvalue weighted by atomic mass is 35.5. The number of halogens is 1. The molecule has 1 N–H and O–H groups in total. The summed E-state index contributed by atoms with van der Waals surface area (Å²) < 4.78 is 4.73. The number of methoxy groups -OCH3 is 1. The van der Waals surface area contributed by atoms with E-state index in [1.807, 2.05) is 23.1 Å². The molecule has 1 amide bonds. The molecule has 0 saturated heterocycles. The number of carbonyl (C=O) groups excluding carboxylic acids is 2. The van der Waals surface area contributed by atoms with Crippen LogP contribution in [-0.4, -0.2) is 37.3 Å². The van der Waals surface area contributed by atoms with E-state index in [9.17, 15) is 9.59 Å². The Morgan fingerprint density at radius 1 is 1.30 bits per heavy atom. The first-order chi connectivity index (χ1) is 13.0. The summed E-state index contributed by atoms with van der Waals surface area (Å²) in [7, 11) is 1.30. The highest BCUT2D eigenvalue weighted by Gasteiger charge is 2.24. The van der Waals surface area contributed by atoms with Gasteiger partial charge in [0, 0.05) is 22.4 Å². The van der Waals surface area contributed by atoms with Crippen LogP contribution in [0.3, 0.4) is 0 Å². The van der Waals surface area contributed by atoms with E-state index >= 15 is 0 Å². The molecule has 1 atom stereocenters. The number of benzene rings is 2. The first-order valence-corrected chi connectivity index (χ1v) is 9.93. The Bertz CT molecular complexity index is 859. The Morgan fingerprint density at radius 3 is 2.85 bits per heavy atom. The molecular formula is C20H21ClN2O3S. The normalized spacial score (nSPS) is 16.3. The largest absolute Gasteiger partial charge is 0.465 e. The average molecular weight is 405 g/mol. The van der Waals surface area contributed by atoms with Crippen LogP contribution in [-0.2, 0) is 9.53 Å². The van der Waals surface area contributed by atoms with Gasteiger partial charge >= 0.3 is 5.97 Å². The van der Waals surface area contributed by atoms with E-state index in [2.05, 4.69) is 18.3 Å². The molecular weight excluding hydrogens is 384 g/mol. The van der Waals surface area contributed by atoms with Gasteiger partial charge in [-0.15, -0.1) is 11.8 Å². The summed E-state index contributed by atoms with van der Waals surface area (Å²) in [6.45, 7) is 2.98. The van der Waals surface area contributed by atoms with Crippen molar-refractivity contribution in [2.24, 2.45) is 0 Å². The number of anilines is 2. The summed E-state index contributed by atoms with van der Waals surface area (Å²) >= 11 is 7.83. The summed E-state index contributed by atoms with van der Waals surface area (Å²) in [6.07, 6.45) is 0.929. The van der Waals surface area contributed by atoms with Crippen molar-refractivity contribution in [2.45, 2.75) is 23.5 Å². The number of hydrogen-bond acceptors (Lipinski definition) is 5. The number of esters is 1. The summed E-state index contributed by atoms with van der Waals surface area (Å²) in [6, 6.07) is 12.9. The molecule has 0 saturated carbocycles. The smallest absolute Gasteiger partial charge is 0.339 e. The van der Waals surface area contributed by atoms with E-state index in [0.29, 0.717) is 22.5 Å². The molecule has 0 bridgehead atoms. The zero-order chi connectivity index (χ0) is 19.4. The lowest BCUT2D eigenvalue weighted by Gasteiger charge is -2.23. The third-order valence-corrected chi connectivity index (χ3v) is 5.93. The fourth-order valence-electron chi connectivity index (χ4n) is 2.92. The van der Waals surface area contributed by atoms with Crippen molar-refractivity contribution in [3.05, 3.63) is 53.1 Å². The van der Waals surface area contributed by atoms with Crippen LogP contribution in [0.4, 0.5) is 11.4 Å². The Hall–Kier alpha value is -2.18. The van der Waals surface area contributed by atoms with Crippen molar-refractivity contribution >= 4 is 46.6 Å². The highest BCUT2D eigenvalue weighted by molar-refractivity contribution is 8.00. The van der Waals surface area contributed by atoms with E-state index in [1.165, 1.54) is 7.11 Å². The van der Waals surface area contributed by atoms with Gasteiger partial charge in [0.15, 0.2) is 0 Å². The summed E-state index contributed by atoms with van der Waals surface area (Å²) in [5, 5.41) is 3.85. The quantitative estimate of drug-likeness (QED) is 0.762. The Kier molecular flexibility index (Phi) is 6.29. The summed E-state index contributed by atoms with van der Waals surface area (Å²) in [5.74, 6) is -0.533. The maximum atomic E-state index is 12.9.